The van der Waals surface area contributed by atoms with E-state index in [1.807, 2.05) is 17.0 Å². The minimum Gasteiger partial charge on any atom is -0.493 e. The predicted octanol–water partition coefficient (Wildman–Crippen LogP) is 1.56. The molecule has 22 heavy (non-hydrogen) atoms. The van der Waals surface area contributed by atoms with Gasteiger partial charge in [0, 0.05) is 25.2 Å². The molecule has 0 radical (unpaired) electrons. The van der Waals surface area contributed by atoms with Crippen molar-refractivity contribution >= 4 is 17.3 Å². The maximum absolute atomic E-state index is 12.3. The molecule has 1 amide bonds. The van der Waals surface area contributed by atoms with Crippen LogP contribution in [0.25, 0.3) is 0 Å². The highest BCUT2D eigenvalue weighted by Crippen LogP contribution is 2.39. The highest BCUT2D eigenvalue weighted by Gasteiger charge is 2.26. The van der Waals surface area contributed by atoms with Gasteiger partial charge in [0.05, 0.1) is 32.1 Å². The van der Waals surface area contributed by atoms with Crippen molar-refractivity contribution in [2.75, 3.05) is 57.2 Å². The van der Waals surface area contributed by atoms with E-state index in [9.17, 15) is 4.79 Å². The molecule has 0 aliphatic carbocycles. The molecule has 0 aromatic heterocycles. The summed E-state index contributed by atoms with van der Waals surface area (Å²) in [5.74, 6) is 1.41. The molecular formula is C16H23N3O3. The number of likely N-dealkylation sites (tertiary alicyclic amines) is 1. The Morgan fingerprint density at radius 3 is 2.45 bits per heavy atom. The summed E-state index contributed by atoms with van der Waals surface area (Å²) in [6, 6.07) is 3.77. The van der Waals surface area contributed by atoms with Gasteiger partial charge < -0.3 is 24.6 Å². The highest BCUT2D eigenvalue weighted by molar-refractivity contribution is 6.03. The number of carbonyl (C=O) groups is 1. The molecular weight excluding hydrogens is 282 g/mol. The van der Waals surface area contributed by atoms with E-state index in [1.54, 1.807) is 14.2 Å². The lowest BCUT2D eigenvalue weighted by atomic mass is 10.1. The molecule has 2 heterocycles. The number of benzene rings is 1. The molecule has 120 valence electrons. The Labute approximate surface area is 131 Å². The van der Waals surface area contributed by atoms with Gasteiger partial charge >= 0.3 is 0 Å². The summed E-state index contributed by atoms with van der Waals surface area (Å²) in [6.45, 7) is 4.23. The van der Waals surface area contributed by atoms with Crippen molar-refractivity contribution in [3.05, 3.63) is 12.1 Å². The van der Waals surface area contributed by atoms with Crippen LogP contribution in [0, 0.1) is 0 Å². The number of methoxy groups -OCH3 is 2. The van der Waals surface area contributed by atoms with Gasteiger partial charge in [0.1, 0.15) is 0 Å². The molecule has 0 atom stereocenters. The lowest BCUT2D eigenvalue weighted by molar-refractivity contribution is -0.117. The fraction of sp³-hybridized carbons (Fsp3) is 0.562. The standard InChI is InChI=1S/C16H23N3O3/c1-21-14-9-12-13(10-15(14)22-2)19(16(20)11-17-12)8-7-18-5-3-4-6-18/h9-10,17H,3-8,11H2,1-2H3. The maximum atomic E-state index is 12.3. The monoisotopic (exact) mass is 305 g/mol. The molecule has 0 unspecified atom stereocenters. The topological polar surface area (TPSA) is 54.0 Å². The first-order valence-corrected chi connectivity index (χ1v) is 7.75. The normalized spacial score (nSPS) is 18.1. The van der Waals surface area contributed by atoms with Gasteiger partial charge in [-0.05, 0) is 25.9 Å². The van der Waals surface area contributed by atoms with Crippen LogP contribution in [-0.2, 0) is 4.79 Å². The molecule has 1 saturated heterocycles. The second-order valence-corrected chi connectivity index (χ2v) is 5.67. The fourth-order valence-corrected chi connectivity index (χ4v) is 3.13. The summed E-state index contributed by atoms with van der Waals surface area (Å²) in [6.07, 6.45) is 2.52. The number of hydrogen-bond donors (Lipinski definition) is 1. The average molecular weight is 305 g/mol. The van der Waals surface area contributed by atoms with Gasteiger partial charge in [-0.25, -0.2) is 0 Å². The predicted molar refractivity (Wildman–Crippen MR) is 86.1 cm³/mol. The summed E-state index contributed by atoms with van der Waals surface area (Å²) < 4.78 is 10.7. The second-order valence-electron chi connectivity index (χ2n) is 5.67. The lowest BCUT2D eigenvalue weighted by Gasteiger charge is -2.32. The third-order valence-corrected chi connectivity index (χ3v) is 4.36. The van der Waals surface area contributed by atoms with Gasteiger partial charge in [0.25, 0.3) is 0 Å². The van der Waals surface area contributed by atoms with Crippen LogP contribution in [0.2, 0.25) is 0 Å². The van der Waals surface area contributed by atoms with Crippen molar-refractivity contribution in [3.8, 4) is 11.5 Å². The van der Waals surface area contributed by atoms with Gasteiger partial charge in [0.15, 0.2) is 11.5 Å². The quantitative estimate of drug-likeness (QED) is 0.895. The molecule has 1 aromatic carbocycles. The Morgan fingerprint density at radius 1 is 1.09 bits per heavy atom. The van der Waals surface area contributed by atoms with Crippen molar-refractivity contribution in [2.24, 2.45) is 0 Å². The number of amides is 1. The van der Waals surface area contributed by atoms with Gasteiger partial charge in [-0.15, -0.1) is 0 Å². The molecule has 0 saturated carbocycles. The third-order valence-electron chi connectivity index (χ3n) is 4.36. The Balaban J connectivity index is 1.83. The van der Waals surface area contributed by atoms with E-state index in [2.05, 4.69) is 10.2 Å². The minimum absolute atomic E-state index is 0.0962. The van der Waals surface area contributed by atoms with E-state index < -0.39 is 0 Å². The Kier molecular flexibility index (Phi) is 4.38. The van der Waals surface area contributed by atoms with Crippen molar-refractivity contribution in [3.63, 3.8) is 0 Å². The zero-order valence-electron chi connectivity index (χ0n) is 13.2. The summed E-state index contributed by atoms with van der Waals surface area (Å²) in [5.41, 5.74) is 1.78. The smallest absolute Gasteiger partial charge is 0.246 e. The van der Waals surface area contributed by atoms with Crippen LogP contribution in [0.5, 0.6) is 11.5 Å². The number of ether oxygens (including phenoxy) is 2. The molecule has 0 spiro atoms. The average Bonchev–Trinajstić information content (AvgIpc) is 3.06. The zero-order valence-corrected chi connectivity index (χ0v) is 13.2. The molecule has 0 bridgehead atoms. The summed E-state index contributed by atoms with van der Waals surface area (Å²) in [4.78, 5) is 16.6. The molecule has 6 heteroatoms. The number of fused-ring (bicyclic) bond motifs is 1. The minimum atomic E-state index is 0.0962. The third kappa shape index (κ3) is 2.83. The van der Waals surface area contributed by atoms with E-state index >= 15 is 0 Å². The molecule has 2 aliphatic rings. The maximum Gasteiger partial charge on any atom is 0.246 e. The van der Waals surface area contributed by atoms with Crippen LogP contribution in [0.1, 0.15) is 12.8 Å². The lowest BCUT2D eigenvalue weighted by Crippen LogP contribution is -2.43. The largest absolute Gasteiger partial charge is 0.493 e. The first kappa shape index (κ1) is 15.0. The highest BCUT2D eigenvalue weighted by atomic mass is 16.5. The molecule has 3 rings (SSSR count). The number of anilines is 2. The van der Waals surface area contributed by atoms with Crippen LogP contribution < -0.4 is 19.7 Å². The van der Waals surface area contributed by atoms with Gasteiger partial charge in [-0.3, -0.25) is 4.79 Å². The van der Waals surface area contributed by atoms with E-state index in [4.69, 9.17) is 9.47 Å². The Bertz CT molecular complexity index is 556. The number of nitrogens with zero attached hydrogens (tertiary/aromatic N) is 2. The number of nitrogens with one attached hydrogen (secondary N) is 1. The summed E-state index contributed by atoms with van der Waals surface area (Å²) >= 11 is 0. The number of hydrogen-bond acceptors (Lipinski definition) is 5. The molecule has 6 nitrogen and oxygen atoms in total. The van der Waals surface area contributed by atoms with Crippen LogP contribution in [0.4, 0.5) is 11.4 Å². The van der Waals surface area contributed by atoms with Gasteiger partial charge in [-0.2, -0.15) is 0 Å². The Morgan fingerprint density at radius 2 is 1.77 bits per heavy atom. The number of rotatable bonds is 5. The zero-order chi connectivity index (χ0) is 15.5. The fourth-order valence-electron chi connectivity index (χ4n) is 3.13. The van der Waals surface area contributed by atoms with Crippen molar-refractivity contribution < 1.29 is 14.3 Å². The van der Waals surface area contributed by atoms with Crippen molar-refractivity contribution in [1.29, 1.82) is 0 Å². The van der Waals surface area contributed by atoms with E-state index in [-0.39, 0.29) is 5.91 Å². The van der Waals surface area contributed by atoms with Crippen LogP contribution in [0.3, 0.4) is 0 Å². The summed E-state index contributed by atoms with van der Waals surface area (Å²) in [7, 11) is 3.22. The van der Waals surface area contributed by atoms with E-state index in [1.165, 1.54) is 12.8 Å². The first-order chi connectivity index (χ1) is 10.7. The van der Waals surface area contributed by atoms with E-state index in [0.717, 1.165) is 31.0 Å². The summed E-state index contributed by atoms with van der Waals surface area (Å²) in [5, 5.41) is 3.16. The Hall–Kier alpha value is -1.95. The molecule has 1 N–H and O–H groups in total. The van der Waals surface area contributed by atoms with E-state index in [0.29, 0.717) is 24.6 Å². The van der Waals surface area contributed by atoms with Crippen LogP contribution in [-0.4, -0.2) is 57.8 Å². The molecule has 1 fully saturated rings. The number of carbonyl (C=O) groups excluding carboxylic acids is 1. The van der Waals surface area contributed by atoms with Crippen LogP contribution in [0.15, 0.2) is 12.1 Å². The molecule has 2 aliphatic heterocycles. The van der Waals surface area contributed by atoms with Crippen molar-refractivity contribution in [2.45, 2.75) is 12.8 Å². The first-order valence-electron chi connectivity index (χ1n) is 7.75. The van der Waals surface area contributed by atoms with Gasteiger partial charge in [0.2, 0.25) is 5.91 Å². The second kappa shape index (κ2) is 6.44. The van der Waals surface area contributed by atoms with Crippen molar-refractivity contribution in [1.82, 2.24) is 4.90 Å². The SMILES string of the molecule is COc1cc2c(cc1OC)N(CCN1CCCC1)C(=O)CN2. The van der Waals surface area contributed by atoms with Gasteiger partial charge in [-0.1, -0.05) is 0 Å². The van der Waals surface area contributed by atoms with Crippen LogP contribution >= 0.6 is 0 Å². The molecule has 1 aromatic rings.